The summed E-state index contributed by atoms with van der Waals surface area (Å²) in [4.78, 5) is 21.4. The summed E-state index contributed by atoms with van der Waals surface area (Å²) in [5, 5.41) is 0. The maximum atomic E-state index is 12.7. The van der Waals surface area contributed by atoms with Crippen LogP contribution in [-0.4, -0.2) is 45.8 Å². The van der Waals surface area contributed by atoms with E-state index in [0.29, 0.717) is 13.0 Å². The molecule has 1 saturated heterocycles. The van der Waals surface area contributed by atoms with E-state index < -0.39 is 9.75 Å². The van der Waals surface area contributed by atoms with Crippen molar-refractivity contribution in [3.63, 3.8) is 0 Å². The number of rotatable bonds is 2. The lowest BCUT2D eigenvalue weighted by Gasteiger charge is -2.41. The van der Waals surface area contributed by atoms with E-state index in [1.807, 2.05) is 36.9 Å². The smallest absolute Gasteiger partial charge is 0.232 e. The van der Waals surface area contributed by atoms with Crippen molar-refractivity contribution in [1.82, 2.24) is 9.88 Å². The Hall–Kier alpha value is -1.00. The second-order valence-corrected chi connectivity index (χ2v) is 8.13. The Bertz CT molecular complexity index is 607. The third-order valence-corrected chi connectivity index (χ3v) is 5.92. The molecular weight excluding hydrogens is 321 g/mol. The zero-order valence-electron chi connectivity index (χ0n) is 13.1. The molecule has 1 saturated carbocycles. The number of amides is 1. The molecule has 0 bridgehead atoms. The second kappa shape index (κ2) is 5.27. The van der Waals surface area contributed by atoms with Crippen LogP contribution < -0.4 is 4.90 Å². The van der Waals surface area contributed by atoms with Gasteiger partial charge in [0.1, 0.15) is 10.2 Å². The molecule has 2 aliphatic rings. The predicted octanol–water partition coefficient (Wildman–Crippen LogP) is 3.01. The van der Waals surface area contributed by atoms with Crippen LogP contribution in [0.2, 0.25) is 0 Å². The predicted molar refractivity (Wildman–Crippen MR) is 89.5 cm³/mol. The van der Waals surface area contributed by atoms with Gasteiger partial charge in [-0.2, -0.15) is 0 Å². The number of aromatic nitrogens is 1. The van der Waals surface area contributed by atoms with Crippen LogP contribution in [0.25, 0.3) is 0 Å². The van der Waals surface area contributed by atoms with Gasteiger partial charge in [-0.05, 0) is 39.3 Å². The van der Waals surface area contributed by atoms with Gasteiger partial charge in [0.15, 0.2) is 0 Å². The van der Waals surface area contributed by atoms with E-state index in [2.05, 4.69) is 16.8 Å². The van der Waals surface area contributed by atoms with Crippen LogP contribution >= 0.6 is 23.2 Å². The van der Waals surface area contributed by atoms with Crippen molar-refractivity contribution in [2.75, 3.05) is 24.5 Å². The average Bonchev–Trinajstić information content (AvgIpc) is 2.98. The second-order valence-electron chi connectivity index (χ2n) is 6.64. The van der Waals surface area contributed by atoms with E-state index in [1.165, 1.54) is 0 Å². The first-order valence-corrected chi connectivity index (χ1v) is 8.38. The van der Waals surface area contributed by atoms with Crippen LogP contribution in [0.4, 0.5) is 5.82 Å². The maximum Gasteiger partial charge on any atom is 0.232 e. The van der Waals surface area contributed by atoms with Gasteiger partial charge in [0.25, 0.3) is 0 Å². The lowest BCUT2D eigenvalue weighted by molar-refractivity contribution is -0.138. The van der Waals surface area contributed by atoms with Crippen molar-refractivity contribution < 1.29 is 4.79 Å². The first kappa shape index (κ1) is 15.9. The molecular formula is C16H21Cl2N3O. The Labute approximate surface area is 141 Å². The first-order valence-electron chi connectivity index (χ1n) is 7.62. The van der Waals surface area contributed by atoms with Crippen molar-refractivity contribution >= 4 is 34.9 Å². The first-order chi connectivity index (χ1) is 10.2. The zero-order chi connectivity index (χ0) is 16.1. The van der Waals surface area contributed by atoms with Crippen molar-refractivity contribution in [1.29, 1.82) is 0 Å². The molecule has 0 radical (unpaired) electrons. The number of halogens is 2. The monoisotopic (exact) mass is 341 g/mol. The minimum atomic E-state index is -0.904. The SMILES string of the molecule is Cc1cccc(N2CCN(C(=O)C3(C)CC3(Cl)Cl)C(C)C2)n1. The molecule has 1 amide bonds. The lowest BCUT2D eigenvalue weighted by atomic mass is 10.1. The third kappa shape index (κ3) is 2.56. The number of pyridine rings is 1. The molecule has 22 heavy (non-hydrogen) atoms. The van der Waals surface area contributed by atoms with Gasteiger partial charge in [-0.1, -0.05) is 6.07 Å². The van der Waals surface area contributed by atoms with Crippen LogP contribution in [-0.2, 0) is 4.79 Å². The number of aryl methyl sites for hydroxylation is 1. The summed E-state index contributed by atoms with van der Waals surface area (Å²) in [6.07, 6.45) is 0.536. The highest BCUT2D eigenvalue weighted by Gasteiger charge is 2.69. The average molecular weight is 342 g/mol. The van der Waals surface area contributed by atoms with E-state index in [0.717, 1.165) is 24.6 Å². The van der Waals surface area contributed by atoms with Crippen LogP contribution in [0, 0.1) is 12.3 Å². The standard InChI is InChI=1S/C16H21Cl2N3O/c1-11-5-4-6-13(19-11)20-7-8-21(12(2)9-20)14(22)15(3)10-16(15,17)18/h4-6,12H,7-10H2,1-3H3. The zero-order valence-corrected chi connectivity index (χ0v) is 14.7. The van der Waals surface area contributed by atoms with Crippen molar-refractivity contribution in [2.45, 2.75) is 37.6 Å². The lowest BCUT2D eigenvalue weighted by Crippen LogP contribution is -2.56. The van der Waals surface area contributed by atoms with E-state index in [4.69, 9.17) is 23.2 Å². The summed E-state index contributed by atoms with van der Waals surface area (Å²) in [6, 6.07) is 6.13. The largest absolute Gasteiger partial charge is 0.353 e. The summed E-state index contributed by atoms with van der Waals surface area (Å²) in [5.41, 5.74) is 0.372. The summed E-state index contributed by atoms with van der Waals surface area (Å²) < 4.78 is -0.904. The van der Waals surface area contributed by atoms with Gasteiger partial charge < -0.3 is 9.80 Å². The normalized spacial score (nSPS) is 30.3. The molecule has 2 atom stereocenters. The quantitative estimate of drug-likeness (QED) is 0.776. The number of piperazine rings is 1. The van der Waals surface area contributed by atoms with Crippen molar-refractivity contribution in [2.24, 2.45) is 5.41 Å². The molecule has 3 rings (SSSR count). The van der Waals surface area contributed by atoms with Crippen LogP contribution in [0.1, 0.15) is 26.0 Å². The molecule has 2 fully saturated rings. The third-order valence-electron chi connectivity index (χ3n) is 4.82. The fourth-order valence-corrected chi connectivity index (χ4v) is 3.82. The Morgan fingerprint density at radius 1 is 1.36 bits per heavy atom. The number of anilines is 1. The van der Waals surface area contributed by atoms with Gasteiger partial charge in [-0.15, -0.1) is 23.2 Å². The maximum absolute atomic E-state index is 12.7. The highest BCUT2D eigenvalue weighted by atomic mass is 35.5. The summed E-state index contributed by atoms with van der Waals surface area (Å²) in [7, 11) is 0. The molecule has 0 aromatic carbocycles. The van der Waals surface area contributed by atoms with Crippen LogP contribution in [0.15, 0.2) is 18.2 Å². The Balaban J connectivity index is 1.70. The van der Waals surface area contributed by atoms with Crippen LogP contribution in [0.5, 0.6) is 0 Å². The van der Waals surface area contributed by atoms with Gasteiger partial charge in [0, 0.05) is 31.4 Å². The van der Waals surface area contributed by atoms with Crippen molar-refractivity contribution in [3.05, 3.63) is 23.9 Å². The molecule has 4 nitrogen and oxygen atoms in total. The molecule has 2 unspecified atom stereocenters. The molecule has 1 aromatic rings. The fourth-order valence-electron chi connectivity index (χ4n) is 3.12. The molecule has 1 aliphatic carbocycles. The Morgan fingerprint density at radius 3 is 2.59 bits per heavy atom. The van der Waals surface area contributed by atoms with Crippen LogP contribution in [0.3, 0.4) is 0 Å². The topological polar surface area (TPSA) is 36.4 Å². The van der Waals surface area contributed by atoms with Gasteiger partial charge >= 0.3 is 0 Å². The van der Waals surface area contributed by atoms with Gasteiger partial charge in [0.05, 0.1) is 5.41 Å². The Morgan fingerprint density at radius 2 is 2.05 bits per heavy atom. The fraction of sp³-hybridized carbons (Fsp3) is 0.625. The Kier molecular flexibility index (Phi) is 3.81. The molecule has 1 aliphatic heterocycles. The van der Waals surface area contributed by atoms with Crippen molar-refractivity contribution in [3.8, 4) is 0 Å². The summed E-state index contributed by atoms with van der Waals surface area (Å²) >= 11 is 12.3. The molecule has 120 valence electrons. The molecule has 0 N–H and O–H groups in total. The highest BCUT2D eigenvalue weighted by molar-refractivity contribution is 6.53. The number of alkyl halides is 2. The van der Waals surface area contributed by atoms with Gasteiger partial charge in [-0.25, -0.2) is 4.98 Å². The van der Waals surface area contributed by atoms with E-state index in [9.17, 15) is 4.79 Å². The molecule has 6 heteroatoms. The number of carbonyl (C=O) groups is 1. The highest BCUT2D eigenvalue weighted by Crippen LogP contribution is 2.64. The number of carbonyl (C=O) groups excluding carboxylic acids is 1. The number of hydrogen-bond acceptors (Lipinski definition) is 3. The van der Waals surface area contributed by atoms with E-state index in [1.54, 1.807) is 0 Å². The molecule has 2 heterocycles. The van der Waals surface area contributed by atoms with E-state index >= 15 is 0 Å². The number of hydrogen-bond donors (Lipinski definition) is 0. The summed E-state index contributed by atoms with van der Waals surface area (Å²) in [5.74, 6) is 1.04. The number of nitrogens with zero attached hydrogens (tertiary/aromatic N) is 3. The molecule has 1 aromatic heterocycles. The van der Waals surface area contributed by atoms with Gasteiger partial charge in [0.2, 0.25) is 5.91 Å². The minimum absolute atomic E-state index is 0.0712. The van der Waals surface area contributed by atoms with E-state index in [-0.39, 0.29) is 11.9 Å². The minimum Gasteiger partial charge on any atom is -0.353 e. The van der Waals surface area contributed by atoms with Gasteiger partial charge in [-0.3, -0.25) is 4.79 Å². The molecule has 0 spiro atoms. The summed E-state index contributed by atoms with van der Waals surface area (Å²) in [6.45, 7) is 8.14.